The van der Waals surface area contributed by atoms with Crippen LogP contribution in [-0.2, 0) is 33.7 Å². The summed E-state index contributed by atoms with van der Waals surface area (Å²) in [6.07, 6.45) is 3.70. The third kappa shape index (κ3) is 7.04. The van der Waals surface area contributed by atoms with E-state index in [1.54, 1.807) is 4.90 Å². The Morgan fingerprint density at radius 1 is 0.870 bits per heavy atom. The first-order valence-corrected chi connectivity index (χ1v) is 19.7. The average Bonchev–Trinajstić information content (AvgIpc) is 3.76. The predicted molar refractivity (Wildman–Crippen MR) is 211 cm³/mol. The van der Waals surface area contributed by atoms with Gasteiger partial charge < -0.3 is 25.6 Å². The van der Waals surface area contributed by atoms with E-state index >= 15 is 0 Å². The maximum Gasteiger partial charge on any atom is 0.407 e. The van der Waals surface area contributed by atoms with Crippen molar-refractivity contribution in [1.82, 2.24) is 20.9 Å². The zero-order valence-electron chi connectivity index (χ0n) is 31.9. The van der Waals surface area contributed by atoms with E-state index < -0.39 is 23.6 Å². The number of amides is 3. The molecule has 8 nitrogen and oxygen atoms in total. The van der Waals surface area contributed by atoms with Crippen molar-refractivity contribution < 1.29 is 19.1 Å². The van der Waals surface area contributed by atoms with Crippen molar-refractivity contribution in [1.29, 1.82) is 0 Å². The summed E-state index contributed by atoms with van der Waals surface area (Å²) < 4.78 is 5.93. The summed E-state index contributed by atoms with van der Waals surface area (Å²) in [7, 11) is 0. The molecular weight excluding hydrogens is 673 g/mol. The van der Waals surface area contributed by atoms with E-state index in [0.717, 1.165) is 65.6 Å². The normalized spacial score (nSPS) is 22.3. The molecule has 280 valence electrons. The van der Waals surface area contributed by atoms with Gasteiger partial charge in [-0.25, -0.2) is 4.79 Å². The molecule has 5 atom stereocenters. The number of likely N-dealkylation sites (tertiary alicyclic amines) is 1. The molecule has 54 heavy (non-hydrogen) atoms. The van der Waals surface area contributed by atoms with Crippen LogP contribution in [-0.4, -0.2) is 54.1 Å². The molecular formula is C46H52N4O4. The Kier molecular flexibility index (Phi) is 9.82. The molecule has 1 fully saturated rings. The van der Waals surface area contributed by atoms with Gasteiger partial charge in [0.1, 0.15) is 18.7 Å². The van der Waals surface area contributed by atoms with Crippen LogP contribution in [0, 0.1) is 5.41 Å². The SMILES string of the molecule is CC1Cc2ccc(C3C[C@@H](C(=O)N[C@@H]4CCCc5ccccc54)N(C(=O)[C@@H](NC(=O)OCC4c5ccccc5-c5ccccc54)C(C)(C)C)C3)cc2CN1. The van der Waals surface area contributed by atoms with Gasteiger partial charge in [0, 0.05) is 31.0 Å². The first-order chi connectivity index (χ1) is 26.0. The topological polar surface area (TPSA) is 99.8 Å². The van der Waals surface area contributed by atoms with Crippen molar-refractivity contribution in [2.24, 2.45) is 5.41 Å². The number of carbonyl (C=O) groups is 3. The molecule has 0 spiro atoms. The molecule has 8 heteroatoms. The third-order valence-corrected chi connectivity index (χ3v) is 12.2. The summed E-state index contributed by atoms with van der Waals surface area (Å²) in [5, 5.41) is 9.90. The summed E-state index contributed by atoms with van der Waals surface area (Å²) in [4.78, 5) is 44.6. The number of rotatable bonds is 7. The highest BCUT2D eigenvalue weighted by Gasteiger charge is 2.46. The summed E-state index contributed by atoms with van der Waals surface area (Å²) in [5.41, 5.74) is 10.1. The fourth-order valence-corrected chi connectivity index (χ4v) is 9.26. The van der Waals surface area contributed by atoms with E-state index in [0.29, 0.717) is 19.0 Å². The van der Waals surface area contributed by atoms with Gasteiger partial charge in [0.15, 0.2) is 0 Å². The number of hydrogen-bond donors (Lipinski definition) is 3. The van der Waals surface area contributed by atoms with Crippen molar-refractivity contribution in [3.8, 4) is 11.1 Å². The average molecular weight is 725 g/mol. The summed E-state index contributed by atoms with van der Waals surface area (Å²) in [6, 6.07) is 30.2. The molecule has 4 aliphatic rings. The molecule has 8 rings (SSSR count). The largest absolute Gasteiger partial charge is 0.449 e. The van der Waals surface area contributed by atoms with Gasteiger partial charge in [0.05, 0.1) is 6.04 Å². The van der Waals surface area contributed by atoms with Gasteiger partial charge in [-0.2, -0.15) is 0 Å². The molecule has 0 radical (unpaired) electrons. The molecule has 3 N–H and O–H groups in total. The van der Waals surface area contributed by atoms with E-state index in [1.165, 1.54) is 16.7 Å². The molecule has 3 amide bonds. The molecule has 0 aromatic heterocycles. The number of nitrogens with zero attached hydrogens (tertiary/aromatic N) is 1. The highest BCUT2D eigenvalue weighted by atomic mass is 16.5. The Balaban J connectivity index is 1.03. The van der Waals surface area contributed by atoms with E-state index in [-0.39, 0.29) is 36.3 Å². The van der Waals surface area contributed by atoms with Gasteiger partial charge in [-0.15, -0.1) is 0 Å². The number of alkyl carbamates (subject to hydrolysis) is 1. The lowest BCUT2D eigenvalue weighted by Crippen LogP contribution is -2.58. The minimum atomic E-state index is -0.910. The van der Waals surface area contributed by atoms with Crippen molar-refractivity contribution >= 4 is 17.9 Å². The predicted octanol–water partition coefficient (Wildman–Crippen LogP) is 7.55. The lowest BCUT2D eigenvalue weighted by Gasteiger charge is -2.36. The fraction of sp³-hybridized carbons (Fsp3) is 0.413. The Bertz CT molecular complexity index is 2020. The molecule has 4 aromatic carbocycles. The number of hydrogen-bond acceptors (Lipinski definition) is 5. The Morgan fingerprint density at radius 2 is 1.56 bits per heavy atom. The Hall–Kier alpha value is -4.95. The minimum Gasteiger partial charge on any atom is -0.449 e. The minimum absolute atomic E-state index is 0.0249. The molecule has 2 aliphatic heterocycles. The van der Waals surface area contributed by atoms with E-state index in [9.17, 15) is 14.4 Å². The molecule has 2 unspecified atom stereocenters. The van der Waals surface area contributed by atoms with Gasteiger partial charge in [-0.05, 0) is 94.5 Å². The summed E-state index contributed by atoms with van der Waals surface area (Å²) in [6.45, 7) is 9.37. The van der Waals surface area contributed by atoms with Crippen molar-refractivity contribution in [3.63, 3.8) is 0 Å². The molecule has 2 aliphatic carbocycles. The lowest BCUT2D eigenvalue weighted by atomic mass is 9.85. The molecule has 0 bridgehead atoms. The van der Waals surface area contributed by atoms with Gasteiger partial charge in [-0.3, -0.25) is 9.59 Å². The molecule has 1 saturated heterocycles. The number of aryl methyl sites for hydroxylation is 1. The summed E-state index contributed by atoms with van der Waals surface area (Å²) >= 11 is 0. The number of carbonyl (C=O) groups excluding carboxylic acids is 3. The number of fused-ring (bicyclic) bond motifs is 5. The van der Waals surface area contributed by atoms with Crippen LogP contribution in [0.25, 0.3) is 11.1 Å². The second-order valence-corrected chi connectivity index (χ2v) is 16.9. The molecule has 0 saturated carbocycles. The monoisotopic (exact) mass is 724 g/mol. The Labute approximate surface area is 319 Å². The fourth-order valence-electron chi connectivity index (χ4n) is 9.26. The zero-order chi connectivity index (χ0) is 37.6. The smallest absolute Gasteiger partial charge is 0.407 e. The van der Waals surface area contributed by atoms with Crippen LogP contribution in [0.2, 0.25) is 0 Å². The summed E-state index contributed by atoms with van der Waals surface area (Å²) in [5.74, 6) is -0.534. The number of benzene rings is 4. The van der Waals surface area contributed by atoms with Crippen LogP contribution in [0.5, 0.6) is 0 Å². The van der Waals surface area contributed by atoms with Crippen LogP contribution in [0.3, 0.4) is 0 Å². The van der Waals surface area contributed by atoms with Gasteiger partial charge >= 0.3 is 6.09 Å². The Morgan fingerprint density at radius 3 is 2.28 bits per heavy atom. The third-order valence-electron chi connectivity index (χ3n) is 12.2. The van der Waals surface area contributed by atoms with Gasteiger partial charge in [-0.1, -0.05) is 112 Å². The number of ether oxygens (including phenoxy) is 1. The standard InChI is InChI=1S/C46H52N4O4/c1-28-22-30-20-21-31(23-32(30)25-47-28)33-24-41(43(51)48-40-19-11-13-29-12-5-6-14-34(29)40)50(26-33)44(52)42(46(2,3)4)49-45(53)54-27-39-37-17-9-7-15-35(37)36-16-8-10-18-38(36)39/h5-10,12,14-18,20-21,23,28,33,39-42,47H,11,13,19,22,24-27H2,1-4H3,(H,48,51)(H,49,53)/t28?,33?,40-,41+,42-/m1/s1. The second-order valence-electron chi connectivity index (χ2n) is 16.9. The van der Waals surface area contributed by atoms with Crippen molar-refractivity contribution in [3.05, 3.63) is 130 Å². The maximum atomic E-state index is 14.8. The quantitative estimate of drug-likeness (QED) is 0.183. The zero-order valence-corrected chi connectivity index (χ0v) is 31.9. The van der Waals surface area contributed by atoms with Crippen LogP contribution in [0.15, 0.2) is 91.0 Å². The van der Waals surface area contributed by atoms with Crippen LogP contribution in [0.4, 0.5) is 4.79 Å². The van der Waals surface area contributed by atoms with Gasteiger partial charge in [0.25, 0.3) is 0 Å². The van der Waals surface area contributed by atoms with E-state index in [2.05, 4.69) is 83.5 Å². The molecule has 4 aromatic rings. The van der Waals surface area contributed by atoms with E-state index in [1.807, 2.05) is 51.1 Å². The highest BCUT2D eigenvalue weighted by Crippen LogP contribution is 2.44. The molecule has 2 heterocycles. The van der Waals surface area contributed by atoms with Crippen molar-refractivity contribution in [2.45, 2.75) is 102 Å². The maximum absolute atomic E-state index is 14.8. The first kappa shape index (κ1) is 36.0. The van der Waals surface area contributed by atoms with E-state index in [4.69, 9.17) is 4.74 Å². The van der Waals surface area contributed by atoms with Gasteiger partial charge in [0.2, 0.25) is 11.8 Å². The van der Waals surface area contributed by atoms with Crippen molar-refractivity contribution in [2.75, 3.05) is 13.2 Å². The highest BCUT2D eigenvalue weighted by molar-refractivity contribution is 5.93. The second kappa shape index (κ2) is 14.7. The van der Waals surface area contributed by atoms with Crippen LogP contribution in [0.1, 0.15) is 104 Å². The number of nitrogens with one attached hydrogen (secondary N) is 3. The first-order valence-electron chi connectivity index (χ1n) is 19.7. The van der Waals surface area contributed by atoms with Crippen LogP contribution < -0.4 is 16.0 Å². The lowest BCUT2D eigenvalue weighted by molar-refractivity contribution is -0.142. The van der Waals surface area contributed by atoms with Crippen LogP contribution >= 0.6 is 0 Å².